The molecule has 0 aliphatic heterocycles. The highest BCUT2D eigenvalue weighted by Gasteiger charge is 2.37. The quantitative estimate of drug-likeness (QED) is 0.844. The number of fused-ring (bicyclic) bond motifs is 1. The molecule has 1 aromatic heterocycles. The third-order valence-electron chi connectivity index (χ3n) is 5.00. The van der Waals surface area contributed by atoms with Gasteiger partial charge >= 0.3 is 0 Å². The van der Waals surface area contributed by atoms with E-state index < -0.39 is 0 Å². The summed E-state index contributed by atoms with van der Waals surface area (Å²) in [7, 11) is 0. The fourth-order valence-corrected chi connectivity index (χ4v) is 3.94. The van der Waals surface area contributed by atoms with Crippen molar-refractivity contribution >= 4 is 0 Å². The maximum absolute atomic E-state index is 10.5. The van der Waals surface area contributed by atoms with Gasteiger partial charge in [-0.3, -0.25) is 0 Å². The Bertz CT molecular complexity index is 475. The molecule has 1 heterocycles. The molecule has 2 aliphatic rings. The molecule has 0 bridgehead atoms. The van der Waals surface area contributed by atoms with Crippen LogP contribution in [0, 0.1) is 12.3 Å². The van der Waals surface area contributed by atoms with Crippen LogP contribution in [0.1, 0.15) is 69.2 Å². The van der Waals surface area contributed by atoms with Crippen LogP contribution in [0.15, 0.2) is 0 Å². The Kier molecular flexibility index (Phi) is 3.20. The Hall–Kier alpha value is -0.830. The first kappa shape index (κ1) is 13.2. The van der Waals surface area contributed by atoms with Gasteiger partial charge in [-0.25, -0.2) is 4.98 Å². The van der Waals surface area contributed by atoms with Crippen molar-refractivity contribution in [3.05, 3.63) is 17.2 Å². The van der Waals surface area contributed by atoms with E-state index in [1.54, 1.807) is 0 Å². The van der Waals surface area contributed by atoms with Gasteiger partial charge in [-0.15, -0.1) is 0 Å². The lowest BCUT2D eigenvalue weighted by atomic mass is 9.73. The van der Waals surface area contributed by atoms with Crippen molar-refractivity contribution in [2.45, 2.75) is 77.9 Å². The monoisotopic (exact) mass is 262 g/mol. The molecule has 2 unspecified atom stereocenters. The highest BCUT2D eigenvalue weighted by atomic mass is 16.3. The zero-order valence-corrected chi connectivity index (χ0v) is 12.4. The molecular formula is C16H26N2O. The van der Waals surface area contributed by atoms with E-state index in [1.165, 1.54) is 24.2 Å². The molecule has 19 heavy (non-hydrogen) atoms. The molecule has 0 saturated heterocycles. The van der Waals surface area contributed by atoms with Crippen molar-refractivity contribution in [3.63, 3.8) is 0 Å². The van der Waals surface area contributed by atoms with E-state index in [4.69, 9.17) is 4.98 Å². The Morgan fingerprint density at radius 1 is 1.26 bits per heavy atom. The van der Waals surface area contributed by atoms with Crippen molar-refractivity contribution in [2.24, 2.45) is 5.41 Å². The van der Waals surface area contributed by atoms with Crippen molar-refractivity contribution in [3.8, 4) is 0 Å². The number of imidazole rings is 1. The van der Waals surface area contributed by atoms with Crippen LogP contribution >= 0.6 is 0 Å². The average molecular weight is 262 g/mol. The van der Waals surface area contributed by atoms with Crippen LogP contribution in [0.4, 0.5) is 0 Å². The molecule has 0 radical (unpaired) electrons. The Labute approximate surface area is 116 Å². The van der Waals surface area contributed by atoms with Crippen LogP contribution in [0.25, 0.3) is 0 Å². The van der Waals surface area contributed by atoms with Crippen LogP contribution in [0.3, 0.4) is 0 Å². The number of hydrogen-bond acceptors (Lipinski definition) is 2. The maximum atomic E-state index is 10.5. The number of aryl methyl sites for hydroxylation is 2. The van der Waals surface area contributed by atoms with Crippen LogP contribution in [-0.2, 0) is 12.8 Å². The largest absolute Gasteiger partial charge is 0.391 e. The second-order valence-corrected chi connectivity index (χ2v) is 7.17. The summed E-state index contributed by atoms with van der Waals surface area (Å²) in [5.41, 5.74) is 3.03. The standard InChI is InChI=1S/C16H26N2O/c1-11-17-12-6-4-5-7-13(12)18(11)14-10-16(2,3)9-8-15(14)19/h14-15,19H,4-10H2,1-3H3. The molecule has 1 fully saturated rings. The molecule has 2 atom stereocenters. The van der Waals surface area contributed by atoms with Gasteiger partial charge in [-0.05, 0) is 57.3 Å². The van der Waals surface area contributed by atoms with E-state index in [-0.39, 0.29) is 12.1 Å². The van der Waals surface area contributed by atoms with Crippen molar-refractivity contribution < 1.29 is 5.11 Å². The minimum atomic E-state index is -0.202. The normalized spacial score (nSPS) is 30.1. The fraction of sp³-hybridized carbons (Fsp3) is 0.812. The molecule has 1 N–H and O–H groups in total. The maximum Gasteiger partial charge on any atom is 0.106 e. The predicted molar refractivity (Wildman–Crippen MR) is 76.3 cm³/mol. The summed E-state index contributed by atoms with van der Waals surface area (Å²) >= 11 is 0. The molecule has 3 nitrogen and oxygen atoms in total. The first-order valence-corrected chi connectivity index (χ1v) is 7.72. The second-order valence-electron chi connectivity index (χ2n) is 7.17. The molecule has 3 rings (SSSR count). The van der Waals surface area contributed by atoms with Gasteiger partial charge in [0.05, 0.1) is 17.8 Å². The highest BCUT2D eigenvalue weighted by molar-refractivity contribution is 5.21. The topological polar surface area (TPSA) is 38.0 Å². The Balaban J connectivity index is 1.98. The lowest BCUT2D eigenvalue weighted by Gasteiger charge is -2.40. The zero-order chi connectivity index (χ0) is 13.6. The molecule has 0 spiro atoms. The molecule has 1 aromatic rings. The number of nitrogens with zero attached hydrogens (tertiary/aromatic N) is 2. The van der Waals surface area contributed by atoms with Gasteiger partial charge in [-0.1, -0.05) is 13.8 Å². The van der Waals surface area contributed by atoms with E-state index in [9.17, 15) is 5.11 Å². The van der Waals surface area contributed by atoms with Gasteiger partial charge in [0.25, 0.3) is 0 Å². The van der Waals surface area contributed by atoms with E-state index in [0.29, 0.717) is 5.41 Å². The summed E-state index contributed by atoms with van der Waals surface area (Å²) in [5.74, 6) is 1.11. The molecule has 2 aliphatic carbocycles. The van der Waals surface area contributed by atoms with Gasteiger partial charge < -0.3 is 9.67 Å². The van der Waals surface area contributed by atoms with Gasteiger partial charge in [-0.2, -0.15) is 0 Å². The van der Waals surface area contributed by atoms with Crippen molar-refractivity contribution in [1.29, 1.82) is 0 Å². The lowest BCUT2D eigenvalue weighted by Crippen LogP contribution is -2.36. The summed E-state index contributed by atoms with van der Waals surface area (Å²) in [6, 6.07) is 0.234. The Morgan fingerprint density at radius 3 is 2.79 bits per heavy atom. The number of aromatic nitrogens is 2. The minimum Gasteiger partial charge on any atom is -0.391 e. The molecule has 1 saturated carbocycles. The molecular weight excluding hydrogens is 236 g/mol. The second kappa shape index (κ2) is 4.62. The molecule has 0 aromatic carbocycles. The van der Waals surface area contributed by atoms with Gasteiger partial charge in [0.15, 0.2) is 0 Å². The smallest absolute Gasteiger partial charge is 0.106 e. The number of hydrogen-bond donors (Lipinski definition) is 1. The summed E-state index contributed by atoms with van der Waals surface area (Å²) in [6.45, 7) is 6.75. The van der Waals surface area contributed by atoms with Crippen molar-refractivity contribution in [1.82, 2.24) is 9.55 Å². The third kappa shape index (κ3) is 2.33. The van der Waals surface area contributed by atoms with Crippen molar-refractivity contribution in [2.75, 3.05) is 0 Å². The van der Waals surface area contributed by atoms with Crippen LogP contribution < -0.4 is 0 Å². The van der Waals surface area contributed by atoms with Gasteiger partial charge in [0.1, 0.15) is 5.82 Å². The van der Waals surface area contributed by atoms with Crippen LogP contribution in [0.2, 0.25) is 0 Å². The number of aliphatic hydroxyl groups is 1. The van der Waals surface area contributed by atoms with Gasteiger partial charge in [0.2, 0.25) is 0 Å². The first-order valence-electron chi connectivity index (χ1n) is 7.72. The van der Waals surface area contributed by atoms with E-state index in [2.05, 4.69) is 25.3 Å². The van der Waals surface area contributed by atoms with Crippen LogP contribution in [-0.4, -0.2) is 20.8 Å². The van der Waals surface area contributed by atoms with Crippen LogP contribution in [0.5, 0.6) is 0 Å². The number of rotatable bonds is 1. The number of aliphatic hydroxyl groups excluding tert-OH is 1. The molecule has 0 amide bonds. The average Bonchev–Trinajstić information content (AvgIpc) is 2.68. The highest BCUT2D eigenvalue weighted by Crippen LogP contribution is 2.42. The van der Waals surface area contributed by atoms with Gasteiger partial charge in [0, 0.05) is 5.69 Å². The summed E-state index contributed by atoms with van der Waals surface area (Å²) in [4.78, 5) is 4.76. The zero-order valence-electron chi connectivity index (χ0n) is 12.4. The predicted octanol–water partition coefficient (Wildman–Crippen LogP) is 3.18. The Morgan fingerprint density at radius 2 is 2.00 bits per heavy atom. The first-order chi connectivity index (χ1) is 8.98. The van der Waals surface area contributed by atoms with E-state index in [0.717, 1.165) is 37.9 Å². The van der Waals surface area contributed by atoms with E-state index >= 15 is 0 Å². The SMILES string of the molecule is Cc1nc2c(n1C1CC(C)(C)CCC1O)CCCC2. The minimum absolute atomic E-state index is 0.202. The summed E-state index contributed by atoms with van der Waals surface area (Å²) in [5, 5.41) is 10.5. The molecule has 3 heteroatoms. The fourth-order valence-electron chi connectivity index (χ4n) is 3.94. The molecule has 106 valence electrons. The third-order valence-corrected chi connectivity index (χ3v) is 5.00. The van der Waals surface area contributed by atoms with E-state index in [1.807, 2.05) is 0 Å². The summed E-state index contributed by atoms with van der Waals surface area (Å²) in [6.07, 6.45) is 7.71. The lowest BCUT2D eigenvalue weighted by molar-refractivity contribution is 0.0259. The summed E-state index contributed by atoms with van der Waals surface area (Å²) < 4.78 is 2.38.